The Morgan fingerprint density at radius 2 is 2.06 bits per heavy atom. The molecule has 18 heavy (non-hydrogen) atoms. The van der Waals surface area contributed by atoms with E-state index in [4.69, 9.17) is 11.6 Å². The second-order valence-electron chi connectivity index (χ2n) is 4.20. The first-order chi connectivity index (χ1) is 8.59. The Balaban J connectivity index is 1.97. The monoisotopic (exact) mass is 267 g/mol. The number of benzene rings is 1. The minimum absolute atomic E-state index is 0.188. The second-order valence-corrected chi connectivity index (χ2v) is 4.57. The van der Waals surface area contributed by atoms with Crippen molar-refractivity contribution in [1.29, 1.82) is 0 Å². The van der Waals surface area contributed by atoms with E-state index in [9.17, 15) is 4.39 Å². The molecule has 0 aliphatic rings. The highest BCUT2D eigenvalue weighted by Crippen LogP contribution is 2.19. The van der Waals surface area contributed by atoms with E-state index in [-0.39, 0.29) is 10.8 Å². The van der Waals surface area contributed by atoms with E-state index in [0.717, 1.165) is 16.8 Å². The van der Waals surface area contributed by atoms with E-state index in [1.807, 2.05) is 30.9 Å². The Kier molecular flexibility index (Phi) is 3.99. The smallest absolute Gasteiger partial charge is 0.142 e. The molecule has 0 fully saturated rings. The first-order valence-corrected chi connectivity index (χ1v) is 6.08. The first-order valence-electron chi connectivity index (χ1n) is 5.70. The predicted molar refractivity (Wildman–Crippen MR) is 69.9 cm³/mol. The number of rotatable bonds is 4. The molecule has 2 aromatic rings. The molecule has 3 nitrogen and oxygen atoms in total. The van der Waals surface area contributed by atoms with Crippen molar-refractivity contribution in [3.63, 3.8) is 0 Å². The number of halogens is 2. The average Bonchev–Trinajstić information content (AvgIpc) is 2.66. The lowest BCUT2D eigenvalue weighted by molar-refractivity contribution is 0.620. The van der Waals surface area contributed by atoms with Crippen molar-refractivity contribution in [3.8, 4) is 0 Å². The Bertz CT molecular complexity index is 551. The third-order valence-electron chi connectivity index (χ3n) is 3.00. The molecular formula is C13H15ClFN3. The summed E-state index contributed by atoms with van der Waals surface area (Å²) >= 11 is 5.88. The van der Waals surface area contributed by atoms with Gasteiger partial charge in [0.25, 0.3) is 0 Å². The van der Waals surface area contributed by atoms with Crippen molar-refractivity contribution in [2.45, 2.75) is 20.0 Å². The molecule has 1 heterocycles. The standard InChI is InChI=1S/C13H15ClFN3/c1-9-11(8-17-18(9)2)7-16-6-10-4-3-5-12(15)13(10)14/h3-5,8,16H,6-7H2,1-2H3. The van der Waals surface area contributed by atoms with Crippen molar-refractivity contribution in [2.75, 3.05) is 0 Å². The average molecular weight is 268 g/mol. The highest BCUT2D eigenvalue weighted by atomic mass is 35.5. The largest absolute Gasteiger partial charge is 0.308 e. The van der Waals surface area contributed by atoms with E-state index in [0.29, 0.717) is 13.1 Å². The summed E-state index contributed by atoms with van der Waals surface area (Å²) in [6.07, 6.45) is 1.83. The van der Waals surface area contributed by atoms with Crippen LogP contribution in [0.1, 0.15) is 16.8 Å². The fourth-order valence-electron chi connectivity index (χ4n) is 1.73. The summed E-state index contributed by atoms with van der Waals surface area (Å²) in [6, 6.07) is 4.83. The SMILES string of the molecule is Cc1c(CNCc2cccc(F)c2Cl)cnn1C. The minimum Gasteiger partial charge on any atom is -0.308 e. The van der Waals surface area contributed by atoms with E-state index >= 15 is 0 Å². The normalized spacial score (nSPS) is 10.9. The number of nitrogens with zero attached hydrogens (tertiary/aromatic N) is 2. The summed E-state index contributed by atoms with van der Waals surface area (Å²) in [4.78, 5) is 0. The first kappa shape index (κ1) is 13.1. The van der Waals surface area contributed by atoms with Gasteiger partial charge in [-0.05, 0) is 18.6 Å². The number of aromatic nitrogens is 2. The Hall–Kier alpha value is -1.39. The summed E-state index contributed by atoms with van der Waals surface area (Å²) in [5.41, 5.74) is 3.01. The van der Waals surface area contributed by atoms with Gasteiger partial charge in [0, 0.05) is 31.4 Å². The van der Waals surface area contributed by atoms with Crippen LogP contribution in [0.15, 0.2) is 24.4 Å². The third-order valence-corrected chi connectivity index (χ3v) is 3.42. The summed E-state index contributed by atoms with van der Waals surface area (Å²) < 4.78 is 15.0. The van der Waals surface area contributed by atoms with Gasteiger partial charge in [-0.25, -0.2) is 4.39 Å². The van der Waals surface area contributed by atoms with Crippen LogP contribution in [0.25, 0.3) is 0 Å². The second kappa shape index (κ2) is 5.50. The topological polar surface area (TPSA) is 29.9 Å². The Labute approximate surface area is 111 Å². The zero-order chi connectivity index (χ0) is 13.1. The van der Waals surface area contributed by atoms with E-state index < -0.39 is 0 Å². The Morgan fingerprint density at radius 1 is 1.33 bits per heavy atom. The molecule has 0 amide bonds. The summed E-state index contributed by atoms with van der Waals surface area (Å²) in [6.45, 7) is 3.23. The molecule has 1 N–H and O–H groups in total. The number of nitrogens with one attached hydrogen (secondary N) is 1. The maximum atomic E-state index is 13.2. The lowest BCUT2D eigenvalue weighted by Gasteiger charge is -2.07. The zero-order valence-electron chi connectivity index (χ0n) is 10.4. The van der Waals surface area contributed by atoms with E-state index in [2.05, 4.69) is 10.4 Å². The van der Waals surface area contributed by atoms with E-state index in [1.54, 1.807) is 6.07 Å². The van der Waals surface area contributed by atoms with Gasteiger partial charge in [-0.15, -0.1) is 0 Å². The molecule has 0 radical (unpaired) electrons. The van der Waals surface area contributed by atoms with Crippen LogP contribution in [0.4, 0.5) is 4.39 Å². The number of hydrogen-bond acceptors (Lipinski definition) is 2. The lowest BCUT2D eigenvalue weighted by atomic mass is 10.2. The fraction of sp³-hybridized carbons (Fsp3) is 0.308. The molecule has 0 atom stereocenters. The van der Waals surface area contributed by atoms with Crippen molar-refractivity contribution < 1.29 is 4.39 Å². The quantitative estimate of drug-likeness (QED) is 0.923. The molecule has 96 valence electrons. The summed E-state index contributed by atoms with van der Waals surface area (Å²) in [5, 5.41) is 7.59. The molecule has 0 unspecified atom stereocenters. The van der Waals surface area contributed by atoms with Crippen molar-refractivity contribution in [2.24, 2.45) is 7.05 Å². The molecule has 1 aromatic carbocycles. The molecule has 0 saturated heterocycles. The van der Waals surface area contributed by atoms with E-state index in [1.165, 1.54) is 6.07 Å². The number of hydrogen-bond donors (Lipinski definition) is 1. The highest BCUT2D eigenvalue weighted by Gasteiger charge is 2.06. The molecule has 0 aliphatic carbocycles. The van der Waals surface area contributed by atoms with Crippen molar-refractivity contribution in [3.05, 3.63) is 52.1 Å². The fourth-order valence-corrected chi connectivity index (χ4v) is 1.93. The highest BCUT2D eigenvalue weighted by molar-refractivity contribution is 6.31. The number of aryl methyl sites for hydroxylation is 1. The molecule has 0 aliphatic heterocycles. The molecule has 0 spiro atoms. The zero-order valence-corrected chi connectivity index (χ0v) is 11.1. The maximum Gasteiger partial charge on any atom is 0.142 e. The van der Waals surface area contributed by atoms with Gasteiger partial charge in [0.2, 0.25) is 0 Å². The predicted octanol–water partition coefficient (Wildman–Crippen LogP) is 2.81. The van der Waals surface area contributed by atoms with Gasteiger partial charge in [0.1, 0.15) is 5.82 Å². The Morgan fingerprint density at radius 3 is 2.72 bits per heavy atom. The van der Waals surface area contributed by atoms with Crippen LogP contribution in [0, 0.1) is 12.7 Å². The van der Waals surface area contributed by atoms with Gasteiger partial charge in [-0.2, -0.15) is 5.10 Å². The molecular weight excluding hydrogens is 253 g/mol. The van der Waals surface area contributed by atoms with Crippen molar-refractivity contribution >= 4 is 11.6 Å². The van der Waals surface area contributed by atoms with Gasteiger partial charge in [-0.1, -0.05) is 23.7 Å². The van der Waals surface area contributed by atoms with Crippen LogP contribution in [-0.4, -0.2) is 9.78 Å². The van der Waals surface area contributed by atoms with Crippen LogP contribution in [0.5, 0.6) is 0 Å². The van der Waals surface area contributed by atoms with Crippen LogP contribution in [-0.2, 0) is 20.1 Å². The molecule has 5 heteroatoms. The third kappa shape index (κ3) is 2.71. The van der Waals surface area contributed by atoms with Crippen LogP contribution < -0.4 is 5.32 Å². The molecule has 0 saturated carbocycles. The molecule has 2 rings (SSSR count). The minimum atomic E-state index is -0.381. The van der Waals surface area contributed by atoms with Gasteiger partial charge in [0.05, 0.1) is 11.2 Å². The summed E-state index contributed by atoms with van der Waals surface area (Å²) in [7, 11) is 1.91. The van der Waals surface area contributed by atoms with Crippen LogP contribution in [0.2, 0.25) is 5.02 Å². The maximum absolute atomic E-state index is 13.2. The molecule has 1 aromatic heterocycles. The summed E-state index contributed by atoms with van der Waals surface area (Å²) in [5.74, 6) is -0.381. The lowest BCUT2D eigenvalue weighted by Crippen LogP contribution is -2.13. The van der Waals surface area contributed by atoms with Crippen molar-refractivity contribution in [1.82, 2.24) is 15.1 Å². The van der Waals surface area contributed by atoms with Crippen LogP contribution >= 0.6 is 11.6 Å². The van der Waals surface area contributed by atoms with Gasteiger partial charge in [0.15, 0.2) is 0 Å². The van der Waals surface area contributed by atoms with Crippen LogP contribution in [0.3, 0.4) is 0 Å². The van der Waals surface area contributed by atoms with Gasteiger partial charge >= 0.3 is 0 Å². The van der Waals surface area contributed by atoms with Gasteiger partial charge in [-0.3, -0.25) is 4.68 Å². The van der Waals surface area contributed by atoms with Gasteiger partial charge < -0.3 is 5.32 Å². The molecule has 0 bridgehead atoms.